The Labute approximate surface area is 140 Å². The van der Waals surface area contributed by atoms with E-state index in [1.54, 1.807) is 11.3 Å². The highest BCUT2D eigenvalue weighted by Crippen LogP contribution is 2.33. The maximum atomic E-state index is 12.3. The van der Waals surface area contributed by atoms with Crippen molar-refractivity contribution in [1.82, 2.24) is 4.90 Å². The molecule has 4 nitrogen and oxygen atoms in total. The van der Waals surface area contributed by atoms with Crippen LogP contribution in [0.5, 0.6) is 0 Å². The molecule has 3 aliphatic heterocycles. The number of ether oxygens (including phenoxy) is 1. The summed E-state index contributed by atoms with van der Waals surface area (Å²) in [5, 5.41) is 6.94. The first-order valence-electron chi connectivity index (χ1n) is 8.11. The van der Waals surface area contributed by atoms with Crippen LogP contribution < -0.4 is 5.32 Å². The molecule has 0 radical (unpaired) electrons. The van der Waals surface area contributed by atoms with Crippen LogP contribution in [-0.2, 0) is 4.74 Å². The molecule has 5 rings (SSSR count). The lowest BCUT2D eigenvalue weighted by Crippen LogP contribution is -2.52. The molecular weight excluding hydrogens is 308 g/mol. The average molecular weight is 328 g/mol. The van der Waals surface area contributed by atoms with Crippen LogP contribution >= 0.6 is 11.3 Å². The number of nitrogens with one attached hydrogen (secondary N) is 1. The predicted octanol–water partition coefficient (Wildman–Crippen LogP) is 4.06. The number of hydrogen-bond acceptors (Lipinski definition) is 4. The van der Waals surface area contributed by atoms with Crippen LogP contribution in [0.3, 0.4) is 0 Å². The lowest BCUT2D eigenvalue weighted by atomic mass is 9.86. The second kappa shape index (κ2) is 6.34. The molecule has 1 aromatic heterocycles. The predicted molar refractivity (Wildman–Crippen MR) is 92.8 cm³/mol. The van der Waals surface area contributed by atoms with E-state index < -0.39 is 0 Å². The molecular formula is C18H20N2O2S. The minimum atomic E-state index is -0.334. The van der Waals surface area contributed by atoms with Gasteiger partial charge in [0.05, 0.1) is 5.69 Å². The van der Waals surface area contributed by atoms with Gasteiger partial charge in [-0.2, -0.15) is 0 Å². The highest BCUT2D eigenvalue weighted by molar-refractivity contribution is 7.08. The number of rotatable bonds is 3. The molecule has 2 bridgehead atoms. The Morgan fingerprint density at radius 1 is 1.17 bits per heavy atom. The summed E-state index contributed by atoms with van der Waals surface area (Å²) in [6.45, 7) is 3.18. The minimum Gasteiger partial charge on any atom is -0.444 e. The molecule has 5 heteroatoms. The van der Waals surface area contributed by atoms with Crippen molar-refractivity contribution in [2.45, 2.75) is 18.9 Å². The number of amides is 1. The molecule has 0 aliphatic carbocycles. The highest BCUT2D eigenvalue weighted by atomic mass is 32.1. The van der Waals surface area contributed by atoms with Crippen LogP contribution in [0.1, 0.15) is 12.8 Å². The molecule has 0 saturated carbocycles. The van der Waals surface area contributed by atoms with Crippen LogP contribution in [0.25, 0.3) is 11.1 Å². The fraction of sp³-hybridized carbons (Fsp3) is 0.389. The lowest BCUT2D eigenvalue weighted by Gasteiger charge is -2.43. The number of carbonyl (C=O) groups is 1. The molecule has 2 aromatic rings. The normalized spacial score (nSPS) is 26.0. The molecule has 1 unspecified atom stereocenters. The molecule has 1 aromatic carbocycles. The first kappa shape index (κ1) is 14.7. The van der Waals surface area contributed by atoms with Crippen LogP contribution in [0.4, 0.5) is 10.5 Å². The van der Waals surface area contributed by atoms with Crippen molar-refractivity contribution in [3.63, 3.8) is 0 Å². The van der Waals surface area contributed by atoms with Crippen molar-refractivity contribution in [2.75, 3.05) is 25.0 Å². The van der Waals surface area contributed by atoms with Crippen LogP contribution in [0, 0.1) is 5.92 Å². The van der Waals surface area contributed by atoms with E-state index >= 15 is 0 Å². The zero-order valence-electron chi connectivity index (χ0n) is 12.9. The average Bonchev–Trinajstić information content (AvgIpc) is 3.04. The van der Waals surface area contributed by atoms with E-state index in [-0.39, 0.29) is 12.2 Å². The van der Waals surface area contributed by atoms with Crippen LogP contribution in [0.15, 0.2) is 41.1 Å². The zero-order chi connectivity index (χ0) is 15.6. The molecule has 1 amide bonds. The Kier molecular flexibility index (Phi) is 4.06. The molecule has 1 atom stereocenters. The smallest absolute Gasteiger partial charge is 0.411 e. The van der Waals surface area contributed by atoms with Crippen LogP contribution in [-0.4, -0.2) is 36.7 Å². The van der Waals surface area contributed by atoms with Gasteiger partial charge in [-0.05, 0) is 37.4 Å². The maximum Gasteiger partial charge on any atom is 0.411 e. The fourth-order valence-electron chi connectivity index (χ4n) is 3.56. The monoisotopic (exact) mass is 328 g/mol. The van der Waals surface area contributed by atoms with Crippen molar-refractivity contribution in [2.24, 2.45) is 5.92 Å². The number of anilines is 1. The van der Waals surface area contributed by atoms with Crippen molar-refractivity contribution in [3.8, 4) is 11.1 Å². The first-order chi connectivity index (χ1) is 11.3. The van der Waals surface area contributed by atoms with E-state index in [9.17, 15) is 4.79 Å². The van der Waals surface area contributed by atoms with Gasteiger partial charge < -0.3 is 4.74 Å². The maximum absolute atomic E-state index is 12.3. The second-order valence-electron chi connectivity index (χ2n) is 6.27. The van der Waals surface area contributed by atoms with E-state index in [2.05, 4.69) is 15.6 Å². The standard InChI is InChI=1S/C18H20N2O2S/c21-18(22-17-10-20-8-6-14(17)7-9-20)19-16-12-23-11-15(16)13-4-2-1-3-5-13/h1-5,11-12,14,17H,6-10H2,(H,19,21). The van der Waals surface area contributed by atoms with Gasteiger partial charge in [0.2, 0.25) is 0 Å². The summed E-state index contributed by atoms with van der Waals surface area (Å²) in [5.74, 6) is 0.529. The number of thiophene rings is 1. The second-order valence-corrected chi connectivity index (χ2v) is 7.02. The summed E-state index contributed by atoms with van der Waals surface area (Å²) in [6, 6.07) is 10.1. The summed E-state index contributed by atoms with van der Waals surface area (Å²) in [4.78, 5) is 14.7. The highest BCUT2D eigenvalue weighted by Gasteiger charge is 2.36. The summed E-state index contributed by atoms with van der Waals surface area (Å²) in [5.41, 5.74) is 2.97. The van der Waals surface area contributed by atoms with E-state index in [4.69, 9.17) is 4.74 Å². The van der Waals surface area contributed by atoms with Crippen molar-refractivity contribution in [1.29, 1.82) is 0 Å². The van der Waals surface area contributed by atoms with Gasteiger partial charge in [0, 0.05) is 22.9 Å². The van der Waals surface area contributed by atoms with Gasteiger partial charge in [-0.15, -0.1) is 11.3 Å². The largest absolute Gasteiger partial charge is 0.444 e. The fourth-order valence-corrected chi connectivity index (χ4v) is 4.35. The van der Waals surface area contributed by atoms with Gasteiger partial charge in [-0.25, -0.2) is 4.79 Å². The SMILES string of the molecule is O=C(Nc1cscc1-c1ccccc1)OC1CN2CCC1CC2. The number of nitrogens with zero attached hydrogens (tertiary/aromatic N) is 1. The third-order valence-corrected chi connectivity index (χ3v) is 5.58. The molecule has 120 valence electrons. The third-order valence-electron chi connectivity index (χ3n) is 4.84. The van der Waals surface area contributed by atoms with Gasteiger partial charge in [0.1, 0.15) is 6.10 Å². The van der Waals surface area contributed by atoms with Gasteiger partial charge in [0.25, 0.3) is 0 Å². The number of hydrogen-bond donors (Lipinski definition) is 1. The van der Waals surface area contributed by atoms with Gasteiger partial charge in [0.15, 0.2) is 0 Å². The van der Waals surface area contributed by atoms with E-state index in [1.165, 1.54) is 0 Å². The summed E-state index contributed by atoms with van der Waals surface area (Å²) >= 11 is 1.58. The zero-order valence-corrected chi connectivity index (χ0v) is 13.7. The third kappa shape index (κ3) is 3.12. The Morgan fingerprint density at radius 2 is 1.96 bits per heavy atom. The molecule has 1 N–H and O–H groups in total. The number of piperidine rings is 3. The molecule has 23 heavy (non-hydrogen) atoms. The summed E-state index contributed by atoms with van der Waals surface area (Å²) < 4.78 is 5.70. The van der Waals surface area contributed by atoms with E-state index in [0.717, 1.165) is 49.3 Å². The van der Waals surface area contributed by atoms with E-state index in [1.807, 2.05) is 35.7 Å². The molecule has 4 heterocycles. The van der Waals surface area contributed by atoms with Crippen molar-refractivity contribution < 1.29 is 9.53 Å². The number of benzene rings is 1. The van der Waals surface area contributed by atoms with Gasteiger partial charge >= 0.3 is 6.09 Å². The molecule has 0 spiro atoms. The number of fused-ring (bicyclic) bond motifs is 3. The van der Waals surface area contributed by atoms with Gasteiger partial charge in [-0.3, -0.25) is 10.2 Å². The molecule has 3 saturated heterocycles. The Bertz CT molecular complexity index is 677. The van der Waals surface area contributed by atoms with Crippen molar-refractivity contribution >= 4 is 23.1 Å². The van der Waals surface area contributed by atoms with E-state index in [0.29, 0.717) is 5.92 Å². The molecule has 3 aliphatic rings. The number of carbonyl (C=O) groups excluding carboxylic acids is 1. The Balaban J connectivity index is 1.43. The summed E-state index contributed by atoms with van der Waals surface area (Å²) in [7, 11) is 0. The lowest BCUT2D eigenvalue weighted by molar-refractivity contribution is -0.0289. The van der Waals surface area contributed by atoms with Crippen molar-refractivity contribution in [3.05, 3.63) is 41.1 Å². The van der Waals surface area contributed by atoms with Crippen LogP contribution in [0.2, 0.25) is 0 Å². The minimum absolute atomic E-state index is 0.0383. The topological polar surface area (TPSA) is 41.6 Å². The first-order valence-corrected chi connectivity index (χ1v) is 9.05. The Morgan fingerprint density at radius 3 is 2.65 bits per heavy atom. The molecule has 3 fully saturated rings. The van der Waals surface area contributed by atoms with Gasteiger partial charge in [-0.1, -0.05) is 30.3 Å². The quantitative estimate of drug-likeness (QED) is 0.924. The Hall–Kier alpha value is -1.85. The summed E-state index contributed by atoms with van der Waals surface area (Å²) in [6.07, 6.45) is 1.99.